The number of rotatable bonds is 9. The summed E-state index contributed by atoms with van der Waals surface area (Å²) in [5, 5.41) is 13.1. The summed E-state index contributed by atoms with van der Waals surface area (Å²) in [4.78, 5) is 13.0. The van der Waals surface area contributed by atoms with Crippen molar-refractivity contribution in [2.24, 2.45) is 7.05 Å². The summed E-state index contributed by atoms with van der Waals surface area (Å²) in [5.74, 6) is 3.79. The van der Waals surface area contributed by atoms with Crippen molar-refractivity contribution in [1.29, 1.82) is 0 Å². The Morgan fingerprint density at radius 3 is 2.48 bits per heavy atom. The van der Waals surface area contributed by atoms with E-state index in [-0.39, 0.29) is 18.1 Å². The van der Waals surface area contributed by atoms with E-state index in [1.165, 1.54) is 11.8 Å². The number of aryl methyl sites for hydroxylation is 2. The SMILES string of the molecule is COc1ccc(OCc2nnc(SCC(=O)c3cc(C)n(-c4cc(C)on4)c3C)n2C)cc1. The molecule has 1 aromatic carbocycles. The van der Waals surface area contributed by atoms with E-state index >= 15 is 0 Å². The minimum atomic E-state index is 0.0126. The van der Waals surface area contributed by atoms with Crippen LogP contribution in [0.1, 0.15) is 33.3 Å². The number of aromatic nitrogens is 5. The lowest BCUT2D eigenvalue weighted by Crippen LogP contribution is -2.07. The molecule has 9 nitrogen and oxygen atoms in total. The number of benzene rings is 1. The topological polar surface area (TPSA) is 97.2 Å². The van der Waals surface area contributed by atoms with Crippen LogP contribution in [0.15, 0.2) is 46.1 Å². The average Bonchev–Trinajstić information content (AvgIpc) is 3.48. The monoisotopic (exact) mass is 467 g/mol. The van der Waals surface area contributed by atoms with Crippen molar-refractivity contribution < 1.29 is 18.8 Å². The second kappa shape index (κ2) is 9.53. The standard InChI is InChI=1S/C23H25N5O4S/c1-14-10-19(16(3)28(14)21-11-15(2)32-26-21)20(29)13-33-23-25-24-22(27(23)4)12-31-18-8-6-17(30-5)7-9-18/h6-11H,12-13H2,1-5H3. The number of carbonyl (C=O) groups excluding carboxylic acids is 1. The first-order chi connectivity index (χ1) is 15.9. The van der Waals surface area contributed by atoms with Gasteiger partial charge in [0.2, 0.25) is 0 Å². The lowest BCUT2D eigenvalue weighted by molar-refractivity contribution is 0.102. The van der Waals surface area contributed by atoms with Crippen LogP contribution in [0, 0.1) is 20.8 Å². The van der Waals surface area contributed by atoms with E-state index in [1.54, 1.807) is 7.11 Å². The lowest BCUT2D eigenvalue weighted by Gasteiger charge is -2.07. The first kappa shape index (κ1) is 22.7. The van der Waals surface area contributed by atoms with Gasteiger partial charge in [0.25, 0.3) is 0 Å². The van der Waals surface area contributed by atoms with Crippen LogP contribution in [-0.2, 0) is 13.7 Å². The third kappa shape index (κ3) is 4.80. The van der Waals surface area contributed by atoms with Gasteiger partial charge in [0.1, 0.15) is 23.9 Å². The molecular formula is C23H25N5O4S. The Morgan fingerprint density at radius 2 is 1.82 bits per heavy atom. The maximum Gasteiger partial charge on any atom is 0.191 e. The summed E-state index contributed by atoms with van der Waals surface area (Å²) in [5.41, 5.74) is 2.41. The molecule has 0 amide bonds. The molecule has 172 valence electrons. The summed E-state index contributed by atoms with van der Waals surface area (Å²) in [7, 11) is 3.48. The molecule has 0 saturated heterocycles. The fraction of sp³-hybridized carbons (Fsp3) is 0.304. The number of methoxy groups -OCH3 is 1. The Balaban J connectivity index is 1.39. The highest BCUT2D eigenvalue weighted by Crippen LogP contribution is 2.24. The Hall–Kier alpha value is -3.53. The van der Waals surface area contributed by atoms with Gasteiger partial charge in [-0.15, -0.1) is 10.2 Å². The largest absolute Gasteiger partial charge is 0.497 e. The Labute approximate surface area is 195 Å². The first-order valence-electron chi connectivity index (χ1n) is 10.3. The number of ketones is 1. The highest BCUT2D eigenvalue weighted by Gasteiger charge is 2.20. The molecule has 3 aromatic heterocycles. The fourth-order valence-electron chi connectivity index (χ4n) is 3.48. The predicted octanol–water partition coefficient (Wildman–Crippen LogP) is 4.08. The number of thioether (sulfide) groups is 1. The molecule has 4 aromatic rings. The van der Waals surface area contributed by atoms with Gasteiger partial charge in [-0.1, -0.05) is 16.9 Å². The summed E-state index contributed by atoms with van der Waals surface area (Å²) in [6.07, 6.45) is 0. The molecular weight excluding hydrogens is 442 g/mol. The van der Waals surface area contributed by atoms with Gasteiger partial charge < -0.3 is 18.6 Å². The van der Waals surface area contributed by atoms with Gasteiger partial charge in [-0.2, -0.15) is 0 Å². The van der Waals surface area contributed by atoms with Crippen molar-refractivity contribution in [2.45, 2.75) is 32.5 Å². The van der Waals surface area contributed by atoms with Crippen LogP contribution in [0.5, 0.6) is 11.5 Å². The van der Waals surface area contributed by atoms with E-state index in [0.717, 1.165) is 22.9 Å². The molecule has 0 N–H and O–H groups in total. The molecule has 0 fully saturated rings. The van der Waals surface area contributed by atoms with Crippen molar-refractivity contribution in [3.63, 3.8) is 0 Å². The van der Waals surface area contributed by atoms with Gasteiger partial charge in [-0.05, 0) is 51.1 Å². The summed E-state index contributed by atoms with van der Waals surface area (Å²) >= 11 is 1.35. The number of hydrogen-bond acceptors (Lipinski definition) is 8. The van der Waals surface area contributed by atoms with Gasteiger partial charge >= 0.3 is 0 Å². The van der Waals surface area contributed by atoms with Crippen LogP contribution in [0.4, 0.5) is 0 Å². The zero-order chi connectivity index (χ0) is 23.5. The van der Waals surface area contributed by atoms with E-state index in [9.17, 15) is 4.79 Å². The van der Waals surface area contributed by atoms with Crippen molar-refractivity contribution >= 4 is 17.5 Å². The molecule has 0 aliphatic heterocycles. The fourth-order valence-corrected chi connectivity index (χ4v) is 4.29. The van der Waals surface area contributed by atoms with Crippen molar-refractivity contribution in [3.8, 4) is 17.3 Å². The van der Waals surface area contributed by atoms with E-state index in [4.69, 9.17) is 14.0 Å². The molecule has 33 heavy (non-hydrogen) atoms. The van der Waals surface area contributed by atoms with Gasteiger partial charge in [0.05, 0.1) is 12.9 Å². The van der Waals surface area contributed by atoms with Crippen molar-refractivity contribution in [2.75, 3.05) is 12.9 Å². The third-order valence-corrected chi connectivity index (χ3v) is 6.28. The second-order valence-electron chi connectivity index (χ2n) is 7.55. The first-order valence-corrected chi connectivity index (χ1v) is 11.3. The highest BCUT2D eigenvalue weighted by atomic mass is 32.2. The lowest BCUT2D eigenvalue weighted by atomic mass is 10.2. The zero-order valence-corrected chi connectivity index (χ0v) is 20.0. The molecule has 0 unspecified atom stereocenters. The maximum atomic E-state index is 13.0. The Morgan fingerprint density at radius 1 is 1.09 bits per heavy atom. The molecule has 0 radical (unpaired) electrons. The smallest absolute Gasteiger partial charge is 0.191 e. The van der Waals surface area contributed by atoms with E-state index in [1.807, 2.05) is 73.4 Å². The van der Waals surface area contributed by atoms with Gasteiger partial charge in [-0.3, -0.25) is 9.36 Å². The number of Topliss-reactive ketones (excluding diaryl/α,β-unsaturated/α-hetero) is 1. The minimum Gasteiger partial charge on any atom is -0.497 e. The quantitative estimate of drug-likeness (QED) is 0.268. The van der Waals surface area contributed by atoms with Gasteiger partial charge in [0, 0.05) is 30.1 Å². The van der Waals surface area contributed by atoms with Crippen LogP contribution in [0.25, 0.3) is 5.82 Å². The minimum absolute atomic E-state index is 0.0126. The summed E-state index contributed by atoms with van der Waals surface area (Å²) in [6.45, 7) is 5.96. The molecule has 0 atom stereocenters. The molecule has 0 bridgehead atoms. The van der Waals surface area contributed by atoms with E-state index in [0.29, 0.717) is 28.1 Å². The zero-order valence-electron chi connectivity index (χ0n) is 19.2. The molecule has 3 heterocycles. The summed E-state index contributed by atoms with van der Waals surface area (Å²) < 4.78 is 19.9. The Kier molecular flexibility index (Phi) is 6.55. The maximum absolute atomic E-state index is 13.0. The van der Waals surface area contributed by atoms with E-state index in [2.05, 4.69) is 15.4 Å². The Bertz CT molecular complexity index is 1270. The normalized spacial score (nSPS) is 11.1. The molecule has 0 aliphatic carbocycles. The molecule has 0 aliphatic rings. The molecule has 10 heteroatoms. The van der Waals surface area contributed by atoms with Crippen LogP contribution in [0.2, 0.25) is 0 Å². The number of ether oxygens (including phenoxy) is 2. The van der Waals surface area contributed by atoms with Crippen molar-refractivity contribution in [1.82, 2.24) is 24.5 Å². The molecule has 0 spiro atoms. The van der Waals surface area contributed by atoms with Crippen molar-refractivity contribution in [3.05, 3.63) is 64.9 Å². The van der Waals surface area contributed by atoms with Crippen LogP contribution in [0.3, 0.4) is 0 Å². The van der Waals surface area contributed by atoms with Gasteiger partial charge in [-0.25, -0.2) is 0 Å². The third-order valence-electron chi connectivity index (χ3n) is 5.26. The molecule has 4 rings (SSSR count). The highest BCUT2D eigenvalue weighted by molar-refractivity contribution is 7.99. The number of hydrogen-bond donors (Lipinski definition) is 0. The van der Waals surface area contributed by atoms with Crippen LogP contribution >= 0.6 is 11.8 Å². The molecule has 0 saturated carbocycles. The predicted molar refractivity (Wildman–Crippen MR) is 123 cm³/mol. The summed E-state index contributed by atoms with van der Waals surface area (Å²) in [6, 6.07) is 11.1. The van der Waals surface area contributed by atoms with Crippen LogP contribution in [-0.4, -0.2) is 43.1 Å². The number of nitrogens with zero attached hydrogens (tertiary/aromatic N) is 5. The number of carbonyl (C=O) groups is 1. The second-order valence-corrected chi connectivity index (χ2v) is 8.49. The van der Waals surface area contributed by atoms with Crippen LogP contribution < -0.4 is 9.47 Å². The van der Waals surface area contributed by atoms with E-state index < -0.39 is 0 Å². The van der Waals surface area contributed by atoms with Gasteiger partial charge in [0.15, 0.2) is 22.6 Å². The average molecular weight is 468 g/mol.